The first kappa shape index (κ1) is 45.0. The Morgan fingerprint density at radius 2 is 1.73 bits per heavy atom. The Labute approximate surface area is 275 Å². The summed E-state index contributed by atoms with van der Waals surface area (Å²) in [6.07, 6.45) is -0.0981. The predicted molar refractivity (Wildman–Crippen MR) is 155 cm³/mol. The molecule has 0 aromatic rings. The summed E-state index contributed by atoms with van der Waals surface area (Å²) in [5.41, 5.74) is 0.693. The van der Waals surface area contributed by atoms with Crippen LogP contribution in [0.25, 0.3) is 0 Å². The number of ether oxygens (including phenoxy) is 2. The maximum Gasteiger partial charge on any atom is 0.413 e. The molecule has 2 fully saturated rings. The molecule has 1 aliphatic carbocycles. The van der Waals surface area contributed by atoms with E-state index in [-0.39, 0.29) is 50.8 Å². The number of aliphatic imine (C=N–C) groups is 1. The van der Waals surface area contributed by atoms with Crippen LogP contribution in [0.1, 0.15) is 60.3 Å². The molecular formula is C26H43B2F3N3O5SY-. The fourth-order valence-electron chi connectivity index (χ4n) is 4.13. The van der Waals surface area contributed by atoms with E-state index in [1.54, 1.807) is 13.8 Å². The van der Waals surface area contributed by atoms with Gasteiger partial charge in [-0.15, -0.1) is 10.5 Å². The number of nitrogens with one attached hydrogen (secondary N) is 1. The number of piperidine rings is 1. The Bertz CT molecular complexity index is 855. The van der Waals surface area contributed by atoms with E-state index in [4.69, 9.17) is 26.5 Å². The molecule has 5 radical (unpaired) electrons. The maximum atomic E-state index is 13.4. The molecule has 2 saturated heterocycles. The zero-order chi connectivity index (χ0) is 31.5. The SMILES string of the molecule is CCC.ONO.[B]C.[B]C.[CH-]=C1C(SC(=NC=O)N2CCC3(CC2)OCC(C)O3)=C(C)C=C(C(F)(F)F)C1CC.[Y]. The van der Waals surface area contributed by atoms with Crippen LogP contribution in [0, 0.1) is 12.5 Å². The fraction of sp³-hybridized carbons (Fsp3) is 0.692. The van der Waals surface area contributed by atoms with Gasteiger partial charge in [-0.1, -0.05) is 59.5 Å². The second kappa shape index (κ2) is 23.9. The number of carbonyl (C=O) groups is 1. The van der Waals surface area contributed by atoms with Gasteiger partial charge >= 0.3 is 6.18 Å². The van der Waals surface area contributed by atoms with Gasteiger partial charge in [0, 0.05) is 64.2 Å². The summed E-state index contributed by atoms with van der Waals surface area (Å²) in [6, 6.07) is 0. The Morgan fingerprint density at radius 1 is 1.24 bits per heavy atom. The molecule has 2 heterocycles. The maximum absolute atomic E-state index is 13.4. The van der Waals surface area contributed by atoms with Gasteiger partial charge in [0.2, 0.25) is 6.41 Å². The average molecular weight is 677 g/mol. The summed E-state index contributed by atoms with van der Waals surface area (Å²) in [7, 11) is 9.00. The molecule has 8 nitrogen and oxygen atoms in total. The number of likely N-dealkylation sites (tertiary alicyclic amines) is 1. The first-order valence-corrected chi connectivity index (χ1v) is 13.8. The van der Waals surface area contributed by atoms with E-state index >= 15 is 0 Å². The van der Waals surface area contributed by atoms with Gasteiger partial charge in [-0.25, -0.2) is 5.57 Å². The van der Waals surface area contributed by atoms with Crippen LogP contribution in [0.3, 0.4) is 0 Å². The molecule has 3 N–H and O–H groups in total. The largest absolute Gasteiger partial charge is 0.413 e. The van der Waals surface area contributed by atoms with E-state index < -0.39 is 23.5 Å². The number of hydrogen-bond acceptors (Lipinski definition) is 7. The zero-order valence-electron chi connectivity index (χ0n) is 25.1. The minimum absolute atomic E-state index is 0. The van der Waals surface area contributed by atoms with Crippen LogP contribution >= 0.6 is 11.8 Å². The van der Waals surface area contributed by atoms with Crippen molar-refractivity contribution in [2.75, 3.05) is 19.7 Å². The van der Waals surface area contributed by atoms with E-state index in [2.05, 4.69) is 34.5 Å². The Balaban J connectivity index is -0.00000116. The zero-order valence-corrected chi connectivity index (χ0v) is 28.8. The normalized spacial score (nSPS) is 21.4. The van der Waals surface area contributed by atoms with Crippen LogP contribution in [0.5, 0.6) is 0 Å². The molecule has 0 aromatic heterocycles. The monoisotopic (exact) mass is 677 g/mol. The molecule has 2 atom stereocenters. The Morgan fingerprint density at radius 3 is 2.10 bits per heavy atom. The number of halogens is 3. The molecule has 0 aromatic carbocycles. The van der Waals surface area contributed by atoms with E-state index in [1.807, 2.05) is 11.8 Å². The molecule has 2 unspecified atom stereocenters. The van der Waals surface area contributed by atoms with E-state index in [0.29, 0.717) is 54.6 Å². The molecule has 0 bridgehead atoms. The molecule has 15 heteroatoms. The van der Waals surface area contributed by atoms with Crippen molar-refractivity contribution in [3.05, 3.63) is 34.3 Å². The van der Waals surface area contributed by atoms with Gasteiger partial charge in [0.1, 0.15) is 0 Å². The average Bonchev–Trinajstić information content (AvgIpc) is 3.28. The number of rotatable bonds is 3. The number of amides is 1. The van der Waals surface area contributed by atoms with Crippen LogP contribution in [0.4, 0.5) is 13.2 Å². The molecule has 3 rings (SSSR count). The number of carbonyl (C=O) groups excluding carboxylic acids is 1. The van der Waals surface area contributed by atoms with Crippen molar-refractivity contribution < 1.29 is 70.6 Å². The second-order valence-electron chi connectivity index (χ2n) is 8.59. The van der Waals surface area contributed by atoms with Crippen LogP contribution in [0.2, 0.25) is 13.6 Å². The summed E-state index contributed by atoms with van der Waals surface area (Å²) in [5, 5.41) is 14.2. The standard InChI is InChI=1S/C21H26F3N2O3S.C3H8.2CH3B.H3NO2.Y/c1-5-16-15(4)18(13(2)10-17(16)21(22,23)24)30-19(25-12-27)26-8-6-20(7-9-26)28-11-14(3)29-20;1-3-2;2*1-2;2-1-3;/h4,10,12,14,16H,5-9,11H2,1-3H3;3H2,1-2H3;2*1H3;1-3H;/q-1;;;;;. The summed E-state index contributed by atoms with van der Waals surface area (Å²) < 4.78 is 52.0. The molecule has 1 amide bonds. The van der Waals surface area contributed by atoms with Crippen molar-refractivity contribution in [1.82, 2.24) is 10.5 Å². The van der Waals surface area contributed by atoms with Crippen molar-refractivity contribution in [3.8, 4) is 0 Å². The molecule has 3 aliphatic rings. The van der Waals surface area contributed by atoms with Crippen molar-refractivity contribution in [1.29, 1.82) is 0 Å². The van der Waals surface area contributed by atoms with Crippen molar-refractivity contribution in [3.63, 3.8) is 0 Å². The van der Waals surface area contributed by atoms with Crippen molar-refractivity contribution >= 4 is 39.0 Å². The Kier molecular flexibility index (Phi) is 26.2. The van der Waals surface area contributed by atoms with Crippen LogP contribution in [-0.4, -0.2) is 80.3 Å². The van der Waals surface area contributed by atoms with Crippen LogP contribution < -0.4 is 5.64 Å². The number of amidine groups is 1. The third kappa shape index (κ3) is 14.7. The van der Waals surface area contributed by atoms with Crippen LogP contribution in [0.15, 0.2) is 32.7 Å². The van der Waals surface area contributed by atoms with Crippen molar-refractivity contribution in [2.45, 2.75) is 92.0 Å². The minimum Gasteiger partial charge on any atom is -0.352 e. The predicted octanol–water partition coefficient (Wildman–Crippen LogP) is 5.80. The smallest absolute Gasteiger partial charge is 0.352 e. The number of hydrogen-bond donors (Lipinski definition) is 3. The van der Waals surface area contributed by atoms with Crippen LogP contribution in [-0.2, 0) is 47.0 Å². The molecule has 229 valence electrons. The first-order chi connectivity index (χ1) is 18.9. The molecule has 2 aliphatic heterocycles. The molecular weight excluding hydrogens is 634 g/mol. The van der Waals surface area contributed by atoms with Crippen molar-refractivity contribution in [2.24, 2.45) is 10.9 Å². The second-order valence-corrected chi connectivity index (χ2v) is 9.57. The van der Waals surface area contributed by atoms with E-state index in [0.717, 1.165) is 23.5 Å². The number of thioether (sulfide) groups is 1. The van der Waals surface area contributed by atoms with Gasteiger partial charge in [-0.05, 0) is 19.3 Å². The number of allylic oxidation sites excluding steroid dienone is 4. The van der Waals surface area contributed by atoms with Gasteiger partial charge in [0.25, 0.3) is 0 Å². The van der Waals surface area contributed by atoms with E-state index in [1.165, 1.54) is 20.1 Å². The van der Waals surface area contributed by atoms with Gasteiger partial charge in [-0.2, -0.15) is 29.9 Å². The van der Waals surface area contributed by atoms with E-state index in [9.17, 15) is 18.0 Å². The summed E-state index contributed by atoms with van der Waals surface area (Å²) in [4.78, 5) is 17.6. The molecule has 1 spiro atoms. The first-order valence-electron chi connectivity index (χ1n) is 13.0. The fourth-order valence-corrected chi connectivity index (χ4v) is 5.20. The third-order valence-corrected chi connectivity index (χ3v) is 6.94. The minimum atomic E-state index is -4.44. The third-order valence-electron chi connectivity index (χ3n) is 5.63. The number of alkyl halides is 3. The summed E-state index contributed by atoms with van der Waals surface area (Å²) >= 11 is 1.14. The summed E-state index contributed by atoms with van der Waals surface area (Å²) in [5.74, 6) is -1.52. The van der Waals surface area contributed by atoms with Gasteiger partial charge in [-0.3, -0.25) is 21.8 Å². The summed E-state index contributed by atoms with van der Waals surface area (Å²) in [6.45, 7) is 20.3. The number of nitrogens with zero attached hydrogens (tertiary/aromatic N) is 2. The van der Waals surface area contributed by atoms with Gasteiger partial charge in [0.15, 0.2) is 11.0 Å². The van der Waals surface area contributed by atoms with Gasteiger partial charge < -0.3 is 14.4 Å². The Hall–Kier alpha value is -0.466. The molecule has 41 heavy (non-hydrogen) atoms. The van der Waals surface area contributed by atoms with Gasteiger partial charge in [0.05, 0.1) is 28.4 Å². The topological polar surface area (TPSA) is 104 Å². The molecule has 0 saturated carbocycles. The quantitative estimate of drug-likeness (QED) is 0.0862.